The van der Waals surface area contributed by atoms with Crippen molar-refractivity contribution in [1.29, 1.82) is 0 Å². The molecule has 2 N–H and O–H groups in total. The lowest BCUT2D eigenvalue weighted by atomic mass is 10.1. The van der Waals surface area contributed by atoms with Gasteiger partial charge in [-0.25, -0.2) is 18.7 Å². The molecule has 6 nitrogen and oxygen atoms in total. The van der Waals surface area contributed by atoms with Crippen molar-refractivity contribution >= 4 is 40.9 Å². The summed E-state index contributed by atoms with van der Waals surface area (Å²) in [6.07, 6.45) is 1.42. The minimum Gasteiger partial charge on any atom is -0.394 e. The molecule has 3 heterocycles. The first-order valence-electron chi connectivity index (χ1n) is 10.4. The summed E-state index contributed by atoms with van der Waals surface area (Å²) >= 11 is 6.53. The van der Waals surface area contributed by atoms with E-state index in [1.54, 1.807) is 50.6 Å². The van der Waals surface area contributed by atoms with Gasteiger partial charge in [0.15, 0.2) is 5.82 Å². The van der Waals surface area contributed by atoms with Crippen molar-refractivity contribution in [2.75, 3.05) is 25.3 Å². The predicted molar refractivity (Wildman–Crippen MR) is 131 cm³/mol. The average molecular weight is 503 g/mol. The van der Waals surface area contributed by atoms with Crippen LogP contribution in [0.1, 0.15) is 17.3 Å². The first-order chi connectivity index (χ1) is 16.1. The van der Waals surface area contributed by atoms with Crippen molar-refractivity contribution in [2.24, 2.45) is 0 Å². The molecule has 0 unspecified atom stereocenters. The van der Waals surface area contributed by atoms with Gasteiger partial charge < -0.3 is 15.0 Å². The van der Waals surface area contributed by atoms with E-state index in [1.165, 1.54) is 18.3 Å². The summed E-state index contributed by atoms with van der Waals surface area (Å²) in [5.41, 5.74) is 2.27. The highest BCUT2D eigenvalue weighted by atomic mass is 35.5. The van der Waals surface area contributed by atoms with Gasteiger partial charge in [-0.05, 0) is 38.5 Å². The fourth-order valence-electron chi connectivity index (χ4n) is 3.60. The molecule has 0 amide bonds. The Morgan fingerprint density at radius 2 is 1.85 bits per heavy atom. The monoisotopic (exact) mass is 502 g/mol. The summed E-state index contributed by atoms with van der Waals surface area (Å²) in [4.78, 5) is 13.0. The van der Waals surface area contributed by atoms with Crippen LogP contribution in [0.15, 0.2) is 48.7 Å². The van der Waals surface area contributed by atoms with E-state index in [1.807, 2.05) is 0 Å². The summed E-state index contributed by atoms with van der Waals surface area (Å²) in [7, 11) is -2.57. The van der Waals surface area contributed by atoms with Gasteiger partial charge in [0.1, 0.15) is 24.2 Å². The van der Waals surface area contributed by atoms with Crippen molar-refractivity contribution in [3.8, 4) is 11.3 Å². The van der Waals surface area contributed by atoms with Gasteiger partial charge >= 0.3 is 0 Å². The molecule has 0 aliphatic heterocycles. The van der Waals surface area contributed by atoms with Gasteiger partial charge in [0.2, 0.25) is 0 Å². The minimum absolute atomic E-state index is 0.00444. The zero-order valence-electron chi connectivity index (χ0n) is 18.7. The summed E-state index contributed by atoms with van der Waals surface area (Å²) in [5, 5.41) is 13.3. The SMILES string of the molecule is Cc1nc2cc(F)c(-c3ccc(P(C)(C)=O)nc3)nc2c(N[C@@H](CO)c2ccccc2F)c1Cl. The molecule has 3 aromatic heterocycles. The van der Waals surface area contributed by atoms with E-state index in [2.05, 4.69) is 20.3 Å². The van der Waals surface area contributed by atoms with Gasteiger partial charge in [-0.15, -0.1) is 0 Å². The molecule has 34 heavy (non-hydrogen) atoms. The molecule has 4 aromatic rings. The van der Waals surface area contributed by atoms with Gasteiger partial charge in [0, 0.05) is 23.4 Å². The number of aryl methyl sites for hydroxylation is 1. The standard InChI is InChI=1S/C24H22ClF2N4O2P/c1-13-21(25)24(30-19(12-32)15-6-4-5-7-16(15)26)23-18(29-13)10-17(27)22(31-23)14-8-9-20(28-11-14)34(2,3)33/h4-11,19,32H,12H2,1-3H3,(H,29,30)/t19-/m0/s1. The van der Waals surface area contributed by atoms with Crippen LogP contribution in [0.4, 0.5) is 14.5 Å². The van der Waals surface area contributed by atoms with Crippen molar-refractivity contribution in [2.45, 2.75) is 13.0 Å². The molecule has 0 saturated heterocycles. The van der Waals surface area contributed by atoms with Crippen molar-refractivity contribution in [3.63, 3.8) is 0 Å². The number of hydrogen-bond donors (Lipinski definition) is 2. The molecule has 4 rings (SSSR count). The average Bonchev–Trinajstić information content (AvgIpc) is 2.80. The van der Waals surface area contributed by atoms with Crippen LogP contribution in [0, 0.1) is 18.6 Å². The molecule has 0 radical (unpaired) electrons. The number of pyridine rings is 3. The topological polar surface area (TPSA) is 88.0 Å². The van der Waals surface area contributed by atoms with Crippen LogP contribution < -0.4 is 10.8 Å². The molecule has 0 spiro atoms. The number of hydrogen-bond acceptors (Lipinski definition) is 6. The Hall–Kier alpha value is -2.93. The Balaban J connectivity index is 1.86. The lowest BCUT2D eigenvalue weighted by molar-refractivity contribution is 0.274. The number of fused-ring (bicyclic) bond motifs is 1. The van der Waals surface area contributed by atoms with Crippen LogP contribution in [-0.2, 0) is 4.57 Å². The summed E-state index contributed by atoms with van der Waals surface area (Å²) in [5.74, 6) is -1.11. The highest BCUT2D eigenvalue weighted by Crippen LogP contribution is 2.37. The lowest BCUT2D eigenvalue weighted by Crippen LogP contribution is -2.17. The van der Waals surface area contributed by atoms with Crippen LogP contribution in [0.5, 0.6) is 0 Å². The number of nitrogens with zero attached hydrogens (tertiary/aromatic N) is 3. The molecule has 1 aromatic carbocycles. The van der Waals surface area contributed by atoms with E-state index in [0.29, 0.717) is 22.4 Å². The molecule has 0 fully saturated rings. The molecule has 0 saturated carbocycles. The second kappa shape index (κ2) is 9.37. The van der Waals surface area contributed by atoms with E-state index in [4.69, 9.17) is 11.6 Å². The number of anilines is 1. The third-order valence-electron chi connectivity index (χ3n) is 5.37. The van der Waals surface area contributed by atoms with E-state index in [0.717, 1.165) is 0 Å². The number of halogens is 3. The third-order valence-corrected chi connectivity index (χ3v) is 7.20. The molecule has 0 aliphatic rings. The van der Waals surface area contributed by atoms with Crippen LogP contribution >= 0.6 is 18.7 Å². The number of aromatic nitrogens is 3. The van der Waals surface area contributed by atoms with Crippen LogP contribution in [-0.4, -0.2) is 40.0 Å². The molecule has 0 aliphatic carbocycles. The highest BCUT2D eigenvalue weighted by Gasteiger charge is 2.22. The van der Waals surface area contributed by atoms with Crippen LogP contribution in [0.25, 0.3) is 22.3 Å². The first kappa shape index (κ1) is 24.2. The fourth-order valence-corrected chi connectivity index (χ4v) is 4.55. The largest absolute Gasteiger partial charge is 0.394 e. The second-order valence-electron chi connectivity index (χ2n) is 8.23. The van der Waals surface area contributed by atoms with Crippen LogP contribution in [0.2, 0.25) is 5.02 Å². The van der Waals surface area contributed by atoms with Crippen molar-refractivity contribution in [3.05, 3.63) is 76.6 Å². The highest BCUT2D eigenvalue weighted by molar-refractivity contribution is 7.69. The summed E-state index contributed by atoms with van der Waals surface area (Å²) in [6, 6.07) is 9.66. The predicted octanol–water partition coefficient (Wildman–Crippen LogP) is 5.33. The Morgan fingerprint density at radius 1 is 1.12 bits per heavy atom. The first-order valence-corrected chi connectivity index (χ1v) is 13.4. The van der Waals surface area contributed by atoms with Crippen molar-refractivity contribution in [1.82, 2.24) is 15.0 Å². The maximum atomic E-state index is 15.0. The Morgan fingerprint density at radius 3 is 2.47 bits per heavy atom. The number of benzene rings is 1. The fraction of sp³-hybridized carbons (Fsp3) is 0.208. The number of aliphatic hydroxyl groups is 1. The van der Waals surface area contributed by atoms with E-state index in [-0.39, 0.29) is 27.3 Å². The molecule has 10 heteroatoms. The number of rotatable bonds is 6. The zero-order chi connectivity index (χ0) is 24.6. The summed E-state index contributed by atoms with van der Waals surface area (Å²) in [6.45, 7) is 4.44. The summed E-state index contributed by atoms with van der Waals surface area (Å²) < 4.78 is 41.7. The maximum Gasteiger partial charge on any atom is 0.151 e. The van der Waals surface area contributed by atoms with E-state index >= 15 is 4.39 Å². The van der Waals surface area contributed by atoms with Crippen molar-refractivity contribution < 1.29 is 18.5 Å². The quantitative estimate of drug-likeness (QED) is 0.347. The molecule has 0 bridgehead atoms. The van der Waals surface area contributed by atoms with Crippen LogP contribution in [0.3, 0.4) is 0 Å². The Kier molecular flexibility index (Phi) is 6.67. The van der Waals surface area contributed by atoms with Gasteiger partial charge in [0.25, 0.3) is 0 Å². The zero-order valence-corrected chi connectivity index (χ0v) is 20.3. The number of nitrogens with one attached hydrogen (secondary N) is 1. The Bertz CT molecular complexity index is 1430. The Labute approximate surface area is 200 Å². The van der Waals surface area contributed by atoms with Gasteiger partial charge in [0.05, 0.1) is 40.0 Å². The van der Waals surface area contributed by atoms with Gasteiger partial charge in [-0.3, -0.25) is 4.98 Å². The molecular formula is C24H22ClF2N4O2P. The van der Waals surface area contributed by atoms with Gasteiger partial charge in [-0.2, -0.15) is 0 Å². The van der Waals surface area contributed by atoms with E-state index < -0.39 is 31.4 Å². The van der Waals surface area contributed by atoms with Gasteiger partial charge in [-0.1, -0.05) is 29.8 Å². The minimum atomic E-state index is -2.57. The normalized spacial score (nSPS) is 12.7. The smallest absolute Gasteiger partial charge is 0.151 e. The number of aliphatic hydroxyl groups excluding tert-OH is 1. The second-order valence-corrected chi connectivity index (χ2v) is 11.8. The molecule has 1 atom stereocenters. The third kappa shape index (κ3) is 4.67. The molecule has 176 valence electrons. The maximum absolute atomic E-state index is 15.0. The lowest BCUT2D eigenvalue weighted by Gasteiger charge is -2.21. The van der Waals surface area contributed by atoms with E-state index in [9.17, 15) is 14.1 Å². The molecular weight excluding hydrogens is 481 g/mol.